The van der Waals surface area contributed by atoms with E-state index in [0.29, 0.717) is 6.10 Å². The van der Waals surface area contributed by atoms with E-state index in [2.05, 4.69) is 24.1 Å². The van der Waals surface area contributed by atoms with E-state index in [-0.39, 0.29) is 11.9 Å². The van der Waals surface area contributed by atoms with Gasteiger partial charge in [-0.15, -0.1) is 0 Å². The maximum absolute atomic E-state index is 13.6. The van der Waals surface area contributed by atoms with Gasteiger partial charge in [-0.2, -0.15) is 0 Å². The molecule has 1 aromatic carbocycles. The van der Waals surface area contributed by atoms with Gasteiger partial charge in [0.1, 0.15) is 5.82 Å². The first-order valence-corrected chi connectivity index (χ1v) is 8.05. The molecule has 0 saturated carbocycles. The van der Waals surface area contributed by atoms with Crippen LogP contribution in [0, 0.1) is 5.82 Å². The maximum atomic E-state index is 13.6. The summed E-state index contributed by atoms with van der Waals surface area (Å²) in [4.78, 5) is 2.36. The second kappa shape index (κ2) is 7.76. The number of nitrogens with one attached hydrogen (secondary N) is 1. The zero-order valence-corrected chi connectivity index (χ0v) is 13.4. The molecule has 1 heterocycles. The Morgan fingerprint density at radius 2 is 2.05 bits per heavy atom. The molecule has 1 fully saturated rings. The van der Waals surface area contributed by atoms with Gasteiger partial charge in [0.2, 0.25) is 0 Å². The molecule has 1 aromatic rings. The fourth-order valence-corrected chi connectivity index (χ4v) is 3.08. The number of nitrogens with zero attached hydrogens (tertiary/aromatic N) is 1. The Bertz CT molecular complexity index is 444. The van der Waals surface area contributed by atoms with Crippen LogP contribution >= 0.6 is 0 Å². The van der Waals surface area contributed by atoms with E-state index in [4.69, 9.17) is 4.74 Å². The molecule has 21 heavy (non-hydrogen) atoms. The Hall–Kier alpha value is -1.13. The molecule has 2 rings (SSSR count). The molecule has 1 atom stereocenters. The lowest BCUT2D eigenvalue weighted by molar-refractivity contribution is 0.0459. The van der Waals surface area contributed by atoms with Crippen molar-refractivity contribution >= 4 is 5.69 Å². The molecule has 1 aliphatic rings. The average Bonchev–Trinajstić information content (AvgIpc) is 2.49. The zero-order valence-electron chi connectivity index (χ0n) is 13.4. The van der Waals surface area contributed by atoms with E-state index >= 15 is 0 Å². The van der Waals surface area contributed by atoms with Crippen molar-refractivity contribution in [2.24, 2.45) is 0 Å². The molecule has 1 aliphatic heterocycles. The van der Waals surface area contributed by atoms with Gasteiger partial charge >= 0.3 is 0 Å². The van der Waals surface area contributed by atoms with Crippen molar-refractivity contribution in [1.29, 1.82) is 0 Å². The standard InChI is InChI=1S/C17H27FN2O/c1-4-19-13(3)16-12-14(18)6-7-17(16)20-10-8-15(9-11-20)21-5-2/h6-7,12-13,15,19H,4-5,8-11H2,1-3H3. The summed E-state index contributed by atoms with van der Waals surface area (Å²) in [7, 11) is 0. The van der Waals surface area contributed by atoms with Crippen molar-refractivity contribution in [3.63, 3.8) is 0 Å². The first kappa shape index (κ1) is 16.2. The SMILES string of the molecule is CCNC(C)c1cc(F)ccc1N1CCC(OCC)CC1. The number of hydrogen-bond acceptors (Lipinski definition) is 3. The lowest BCUT2D eigenvalue weighted by Crippen LogP contribution is -2.38. The predicted molar refractivity (Wildman–Crippen MR) is 85.4 cm³/mol. The number of hydrogen-bond donors (Lipinski definition) is 1. The van der Waals surface area contributed by atoms with Crippen molar-refractivity contribution in [3.05, 3.63) is 29.6 Å². The van der Waals surface area contributed by atoms with Crippen LogP contribution < -0.4 is 10.2 Å². The van der Waals surface area contributed by atoms with Crippen LogP contribution in [0.1, 0.15) is 45.2 Å². The second-order valence-corrected chi connectivity index (χ2v) is 5.62. The van der Waals surface area contributed by atoms with Gasteiger partial charge in [-0.1, -0.05) is 6.92 Å². The molecule has 1 N–H and O–H groups in total. The van der Waals surface area contributed by atoms with Crippen molar-refractivity contribution < 1.29 is 9.13 Å². The first-order valence-electron chi connectivity index (χ1n) is 8.05. The van der Waals surface area contributed by atoms with Crippen LogP contribution in [0.25, 0.3) is 0 Å². The smallest absolute Gasteiger partial charge is 0.123 e. The predicted octanol–water partition coefficient (Wildman–Crippen LogP) is 3.50. The molecule has 118 valence electrons. The van der Waals surface area contributed by atoms with Crippen LogP contribution in [-0.4, -0.2) is 32.3 Å². The minimum absolute atomic E-state index is 0.158. The quantitative estimate of drug-likeness (QED) is 0.869. The van der Waals surface area contributed by atoms with Gasteiger partial charge in [-0.05, 0) is 57.0 Å². The zero-order chi connectivity index (χ0) is 15.2. The largest absolute Gasteiger partial charge is 0.378 e. The van der Waals surface area contributed by atoms with Crippen LogP contribution in [0.4, 0.5) is 10.1 Å². The summed E-state index contributed by atoms with van der Waals surface area (Å²) in [5.41, 5.74) is 2.20. The van der Waals surface area contributed by atoms with E-state index < -0.39 is 0 Å². The number of benzene rings is 1. The molecule has 1 saturated heterocycles. The highest BCUT2D eigenvalue weighted by Crippen LogP contribution is 2.30. The third-order valence-corrected chi connectivity index (χ3v) is 4.15. The molecule has 4 heteroatoms. The van der Waals surface area contributed by atoms with E-state index in [1.807, 2.05) is 13.0 Å². The summed E-state index contributed by atoms with van der Waals surface area (Å²) in [5, 5.41) is 3.38. The Labute approximate surface area is 127 Å². The monoisotopic (exact) mass is 294 g/mol. The molecular formula is C17H27FN2O. The molecular weight excluding hydrogens is 267 g/mol. The van der Waals surface area contributed by atoms with Crippen LogP contribution in [0.15, 0.2) is 18.2 Å². The summed E-state index contributed by atoms with van der Waals surface area (Å²) < 4.78 is 19.3. The summed E-state index contributed by atoms with van der Waals surface area (Å²) in [6.45, 7) is 9.82. The van der Waals surface area contributed by atoms with E-state index in [9.17, 15) is 4.39 Å². The minimum Gasteiger partial charge on any atom is -0.378 e. The lowest BCUT2D eigenvalue weighted by atomic mass is 10.0. The Balaban J connectivity index is 2.12. The van der Waals surface area contributed by atoms with Gasteiger partial charge in [-0.3, -0.25) is 0 Å². The fraction of sp³-hybridized carbons (Fsp3) is 0.647. The normalized spacial score (nSPS) is 18.0. The topological polar surface area (TPSA) is 24.5 Å². The number of anilines is 1. The van der Waals surface area contributed by atoms with Crippen molar-refractivity contribution in [3.8, 4) is 0 Å². The molecule has 0 bridgehead atoms. The molecule has 0 amide bonds. The summed E-state index contributed by atoms with van der Waals surface area (Å²) in [6.07, 6.45) is 2.46. The highest BCUT2D eigenvalue weighted by Gasteiger charge is 2.22. The molecule has 1 unspecified atom stereocenters. The van der Waals surface area contributed by atoms with E-state index in [1.165, 1.54) is 0 Å². The van der Waals surface area contributed by atoms with E-state index in [1.54, 1.807) is 12.1 Å². The molecule has 0 radical (unpaired) electrons. The highest BCUT2D eigenvalue weighted by atomic mass is 19.1. The van der Waals surface area contributed by atoms with Crippen LogP contribution in [-0.2, 0) is 4.74 Å². The third kappa shape index (κ3) is 4.17. The number of ether oxygens (including phenoxy) is 1. The van der Waals surface area contributed by atoms with Gasteiger partial charge in [-0.25, -0.2) is 4.39 Å². The minimum atomic E-state index is -0.164. The van der Waals surface area contributed by atoms with Gasteiger partial charge in [0, 0.05) is 31.4 Å². The third-order valence-electron chi connectivity index (χ3n) is 4.15. The van der Waals surface area contributed by atoms with Crippen LogP contribution in [0.2, 0.25) is 0 Å². The Morgan fingerprint density at radius 3 is 2.67 bits per heavy atom. The van der Waals surface area contributed by atoms with Gasteiger partial charge < -0.3 is 15.0 Å². The van der Waals surface area contributed by atoms with Gasteiger partial charge in [0.05, 0.1) is 6.10 Å². The van der Waals surface area contributed by atoms with Crippen molar-refractivity contribution in [2.75, 3.05) is 31.1 Å². The fourth-order valence-electron chi connectivity index (χ4n) is 3.08. The first-order chi connectivity index (χ1) is 10.2. The molecule has 3 nitrogen and oxygen atoms in total. The van der Waals surface area contributed by atoms with Crippen LogP contribution in [0.5, 0.6) is 0 Å². The summed E-state index contributed by atoms with van der Waals surface area (Å²) in [6, 6.07) is 5.30. The summed E-state index contributed by atoms with van der Waals surface area (Å²) in [5.74, 6) is -0.164. The van der Waals surface area contributed by atoms with Gasteiger partial charge in [0.15, 0.2) is 0 Å². The van der Waals surface area contributed by atoms with Crippen molar-refractivity contribution in [2.45, 2.75) is 45.8 Å². The molecule has 0 aromatic heterocycles. The highest BCUT2D eigenvalue weighted by molar-refractivity contribution is 5.55. The molecule has 0 spiro atoms. The van der Waals surface area contributed by atoms with Gasteiger partial charge in [0.25, 0.3) is 0 Å². The van der Waals surface area contributed by atoms with Crippen LogP contribution in [0.3, 0.4) is 0 Å². The number of halogens is 1. The van der Waals surface area contributed by atoms with Crippen molar-refractivity contribution in [1.82, 2.24) is 5.32 Å². The second-order valence-electron chi connectivity index (χ2n) is 5.62. The maximum Gasteiger partial charge on any atom is 0.123 e. The summed E-state index contributed by atoms with van der Waals surface area (Å²) >= 11 is 0. The number of piperidine rings is 1. The Morgan fingerprint density at radius 1 is 1.33 bits per heavy atom. The molecule has 0 aliphatic carbocycles. The lowest BCUT2D eigenvalue weighted by Gasteiger charge is -2.35. The average molecular weight is 294 g/mol. The van der Waals surface area contributed by atoms with E-state index in [0.717, 1.165) is 50.3 Å². The Kier molecular flexibility index (Phi) is 6.00. The number of rotatable bonds is 6.